The smallest absolute Gasteiger partial charge is 0.548 e. The van der Waals surface area contributed by atoms with E-state index >= 15 is 0 Å². The summed E-state index contributed by atoms with van der Waals surface area (Å²) in [5.74, 6) is -1.30. The molecule has 0 aromatic carbocycles. The number of nitrogens with two attached hydrogens (primary N) is 1. The van der Waals surface area contributed by atoms with Gasteiger partial charge in [-0.25, -0.2) is 9.98 Å². The van der Waals surface area contributed by atoms with Gasteiger partial charge in [-0.3, -0.25) is 0 Å². The van der Waals surface area contributed by atoms with Crippen molar-refractivity contribution in [2.75, 3.05) is 0 Å². The molecule has 0 radical (unpaired) electrons. The van der Waals surface area contributed by atoms with E-state index in [4.69, 9.17) is 5.73 Å². The molecule has 0 unspecified atom stereocenters. The van der Waals surface area contributed by atoms with Gasteiger partial charge in [0.15, 0.2) is 0 Å². The Hall–Kier alpha value is -0.543. The van der Waals surface area contributed by atoms with Gasteiger partial charge in [0.1, 0.15) is 0 Å². The van der Waals surface area contributed by atoms with Gasteiger partial charge in [-0.1, -0.05) is 0 Å². The molecule has 0 bridgehead atoms. The first-order valence-corrected chi connectivity index (χ1v) is 3.62. The van der Waals surface area contributed by atoms with Crippen LogP contribution in [-0.4, -0.2) is 29.0 Å². The van der Waals surface area contributed by atoms with E-state index in [2.05, 4.69) is 22.2 Å². The van der Waals surface area contributed by atoms with Crippen LogP contribution >= 0.6 is 12.2 Å². The van der Waals surface area contributed by atoms with E-state index in [9.17, 15) is 9.90 Å². The molecule has 0 amide bonds. The van der Waals surface area contributed by atoms with Gasteiger partial charge in [0, 0.05) is 12.5 Å². The van der Waals surface area contributed by atoms with Crippen LogP contribution in [-0.2, 0) is 4.79 Å². The summed E-state index contributed by atoms with van der Waals surface area (Å²) in [7, 11) is 0. The van der Waals surface area contributed by atoms with Crippen molar-refractivity contribution in [1.82, 2.24) is 0 Å². The molecule has 0 aromatic rings. The van der Waals surface area contributed by atoms with Crippen LogP contribution in [0.2, 0.25) is 0 Å². The van der Waals surface area contributed by atoms with Crippen LogP contribution in [0.3, 0.4) is 0 Å². The quantitative estimate of drug-likeness (QED) is 0.358. The fourth-order valence-corrected chi connectivity index (χ4v) is 0.887. The maximum atomic E-state index is 10.2. The molecule has 1 heterocycles. The van der Waals surface area contributed by atoms with Crippen LogP contribution in [0, 0.1) is 0 Å². The number of hydrogen-bond donors (Lipinski definition) is 1. The van der Waals surface area contributed by atoms with Crippen LogP contribution < -0.4 is 29.7 Å². The number of carbonyl (C=O) groups excluding carboxylic acids is 1. The van der Waals surface area contributed by atoms with Crippen molar-refractivity contribution in [2.45, 2.75) is 12.5 Å². The van der Waals surface area contributed by atoms with Gasteiger partial charge in [-0.05, 0) is 12.2 Å². The molecule has 1 aliphatic heterocycles. The van der Waals surface area contributed by atoms with Gasteiger partial charge < -0.3 is 15.6 Å². The average Bonchev–Trinajstić information content (AvgIpc) is 2.35. The van der Waals surface area contributed by atoms with Crippen molar-refractivity contribution in [2.24, 2.45) is 15.7 Å². The number of carboxylic acids is 1. The topological polar surface area (TPSA) is 90.9 Å². The van der Waals surface area contributed by atoms with E-state index in [1.807, 2.05) is 0 Å². The first kappa shape index (κ1) is 12.5. The second-order valence-corrected chi connectivity index (χ2v) is 2.64. The van der Waals surface area contributed by atoms with Crippen molar-refractivity contribution < 1.29 is 28.8 Å². The molecule has 0 saturated heterocycles. The van der Waals surface area contributed by atoms with Crippen molar-refractivity contribution in [3.8, 4) is 0 Å². The normalized spacial score (nSPS) is 16.4. The first-order valence-electron chi connectivity index (χ1n) is 3.21. The van der Waals surface area contributed by atoms with E-state index in [1.54, 1.807) is 0 Å². The largest absolute Gasteiger partial charge is 1.00 e. The Kier molecular flexibility index (Phi) is 5.03. The molecule has 1 rings (SSSR count). The molecule has 2 N–H and O–H groups in total. The zero-order valence-electron chi connectivity index (χ0n) is 7.06. The van der Waals surface area contributed by atoms with Gasteiger partial charge in [-0.2, -0.15) is 0 Å². The number of aliphatic imine (C=N–C) groups is 2. The van der Waals surface area contributed by atoms with E-state index < -0.39 is 12.0 Å². The molecule has 1 atom stereocenters. The van der Waals surface area contributed by atoms with Crippen LogP contribution in [0.5, 0.6) is 0 Å². The SMILES string of the molecule is N[C@@H](CC1=NC(=S)N=C1)C(=O)[O-].[Li+]. The number of carboxylic acid groups (broad SMARTS) is 1. The second-order valence-electron chi connectivity index (χ2n) is 2.27. The summed E-state index contributed by atoms with van der Waals surface area (Å²) in [4.78, 5) is 17.6. The van der Waals surface area contributed by atoms with Crippen molar-refractivity contribution in [3.63, 3.8) is 0 Å². The van der Waals surface area contributed by atoms with Gasteiger partial charge >= 0.3 is 18.9 Å². The summed E-state index contributed by atoms with van der Waals surface area (Å²) in [6.45, 7) is 0. The van der Waals surface area contributed by atoms with Crippen LogP contribution in [0.1, 0.15) is 6.42 Å². The Balaban J connectivity index is 0.00000144. The van der Waals surface area contributed by atoms with Crippen molar-refractivity contribution in [3.05, 3.63) is 0 Å². The molecule has 0 fully saturated rings. The summed E-state index contributed by atoms with van der Waals surface area (Å²) >= 11 is 4.63. The Morgan fingerprint density at radius 3 is 2.77 bits per heavy atom. The van der Waals surface area contributed by atoms with Gasteiger partial charge in [0.2, 0.25) is 5.11 Å². The standard InChI is InChI=1S/C6H7N3O2S.Li/c7-4(5(10)11)1-3-2-8-6(12)9-3;/h2,4H,1,7H2,(H,10,11);/q;+1/p-1/t4-;/m0./s1. The van der Waals surface area contributed by atoms with E-state index in [1.165, 1.54) is 6.21 Å². The summed E-state index contributed by atoms with van der Waals surface area (Å²) in [6, 6.07) is -1.05. The minimum Gasteiger partial charge on any atom is -0.548 e. The van der Waals surface area contributed by atoms with Crippen molar-refractivity contribution in [1.29, 1.82) is 0 Å². The molecule has 5 nitrogen and oxygen atoms in total. The maximum Gasteiger partial charge on any atom is 1.00 e. The molecule has 0 aliphatic carbocycles. The molecule has 7 heteroatoms. The predicted octanol–water partition coefficient (Wildman–Crippen LogP) is -4.73. The molecule has 64 valence electrons. The first-order chi connectivity index (χ1) is 5.59. The number of hydrogen-bond acceptors (Lipinski definition) is 4. The number of carbonyl (C=O) groups is 1. The number of rotatable bonds is 3. The van der Waals surface area contributed by atoms with Crippen LogP contribution in [0.25, 0.3) is 0 Å². The number of nitrogens with zero attached hydrogens (tertiary/aromatic N) is 2. The number of thiocarbonyl (C=S) groups is 1. The third-order valence-electron chi connectivity index (χ3n) is 1.30. The van der Waals surface area contributed by atoms with Crippen LogP contribution in [0.15, 0.2) is 9.98 Å². The minimum absolute atomic E-state index is 0. The summed E-state index contributed by atoms with van der Waals surface area (Å²) < 4.78 is 0. The Bertz CT molecular complexity index is 290. The molecule has 0 saturated carbocycles. The van der Waals surface area contributed by atoms with E-state index in [-0.39, 0.29) is 30.4 Å². The zero-order chi connectivity index (χ0) is 9.14. The Labute approximate surface area is 92.3 Å². The summed E-state index contributed by atoms with van der Waals surface area (Å²) in [5.41, 5.74) is 5.68. The predicted molar refractivity (Wildman–Crippen MR) is 46.1 cm³/mol. The summed E-state index contributed by atoms with van der Waals surface area (Å²) in [6.07, 6.45) is 1.51. The average molecular weight is 191 g/mol. The van der Waals surface area contributed by atoms with E-state index in [0.29, 0.717) is 5.71 Å². The third-order valence-corrected chi connectivity index (χ3v) is 1.49. The zero-order valence-corrected chi connectivity index (χ0v) is 7.87. The summed E-state index contributed by atoms with van der Waals surface area (Å²) in [5, 5.41) is 10.4. The molecule has 0 spiro atoms. The minimum atomic E-state index is -1.30. The Morgan fingerprint density at radius 1 is 1.77 bits per heavy atom. The molecule has 13 heavy (non-hydrogen) atoms. The Morgan fingerprint density at radius 2 is 2.38 bits per heavy atom. The molecule has 1 aliphatic rings. The van der Waals surface area contributed by atoms with E-state index in [0.717, 1.165) is 0 Å². The maximum absolute atomic E-state index is 10.2. The second kappa shape index (κ2) is 5.24. The number of aliphatic carboxylic acids is 1. The monoisotopic (exact) mass is 191 g/mol. The molecule has 0 aromatic heterocycles. The van der Waals surface area contributed by atoms with Gasteiger partial charge in [-0.15, -0.1) is 0 Å². The fourth-order valence-electron chi connectivity index (χ4n) is 0.717. The van der Waals surface area contributed by atoms with Gasteiger partial charge in [0.25, 0.3) is 0 Å². The van der Waals surface area contributed by atoms with Gasteiger partial charge in [0.05, 0.1) is 17.9 Å². The molecular formula is C6H6LiN3O2S. The van der Waals surface area contributed by atoms with Crippen LogP contribution in [0.4, 0.5) is 0 Å². The fraction of sp³-hybridized carbons (Fsp3) is 0.333. The third kappa shape index (κ3) is 3.78. The van der Waals surface area contributed by atoms with Crippen molar-refractivity contribution >= 4 is 35.2 Å². The molecular weight excluding hydrogens is 185 g/mol.